The summed E-state index contributed by atoms with van der Waals surface area (Å²) in [5.74, 6) is 0.630. The highest BCUT2D eigenvalue weighted by Crippen LogP contribution is 2.30. The van der Waals surface area contributed by atoms with Crippen molar-refractivity contribution in [3.05, 3.63) is 11.8 Å². The van der Waals surface area contributed by atoms with Crippen molar-refractivity contribution in [3.8, 4) is 5.88 Å². The minimum Gasteiger partial charge on any atom is -1.00 e. The van der Waals surface area contributed by atoms with E-state index in [1.165, 1.54) is 56.7 Å². The van der Waals surface area contributed by atoms with Crippen LogP contribution in [0, 0.1) is 0 Å². The van der Waals surface area contributed by atoms with Gasteiger partial charge in [0.1, 0.15) is 12.2 Å². The quantitative estimate of drug-likeness (QED) is 0.196. The first-order chi connectivity index (χ1) is 15.6. The monoisotopic (exact) mass is 503 g/mol. The minimum absolute atomic E-state index is 0. The number of hydrogen-bond acceptors (Lipinski definition) is 7. The van der Waals surface area contributed by atoms with Crippen molar-refractivity contribution in [2.24, 2.45) is 0 Å². The minimum atomic E-state index is -0.569. The molecule has 1 aromatic rings. The van der Waals surface area contributed by atoms with Crippen molar-refractivity contribution in [1.82, 2.24) is 8.75 Å². The number of hydrogen-bond donors (Lipinski definition) is 0. The SMILES string of the molecule is CCCCCCCCOC(=O)OC[N+]1(C)CCC=C(c2nsnc2OCCCCCC)C1.[Cl-]. The summed E-state index contributed by atoms with van der Waals surface area (Å²) < 4.78 is 26.0. The van der Waals surface area contributed by atoms with Gasteiger partial charge in [0.15, 0.2) is 0 Å². The number of ether oxygens (including phenoxy) is 3. The number of aromatic nitrogens is 2. The zero-order valence-electron chi connectivity index (χ0n) is 20.7. The van der Waals surface area contributed by atoms with E-state index < -0.39 is 6.16 Å². The lowest BCUT2D eigenvalue weighted by Crippen LogP contribution is -3.00. The lowest BCUT2D eigenvalue weighted by molar-refractivity contribution is -0.919. The summed E-state index contributed by atoms with van der Waals surface area (Å²) in [5.41, 5.74) is 1.94. The Labute approximate surface area is 210 Å². The normalized spacial score (nSPS) is 17.7. The van der Waals surface area contributed by atoms with Gasteiger partial charge < -0.3 is 26.6 Å². The molecule has 33 heavy (non-hydrogen) atoms. The van der Waals surface area contributed by atoms with Gasteiger partial charge in [0.25, 0.3) is 5.88 Å². The van der Waals surface area contributed by atoms with Crippen LogP contribution in [0.3, 0.4) is 0 Å². The van der Waals surface area contributed by atoms with E-state index in [2.05, 4.69) is 35.7 Å². The van der Waals surface area contributed by atoms with Crippen molar-refractivity contribution in [3.63, 3.8) is 0 Å². The second kappa shape index (κ2) is 17.1. The van der Waals surface area contributed by atoms with Crippen LogP contribution >= 0.6 is 11.7 Å². The smallest absolute Gasteiger partial charge is 0.512 e. The fourth-order valence-corrected chi connectivity index (χ4v) is 4.38. The topological polar surface area (TPSA) is 70.5 Å². The molecule has 2 heterocycles. The molecule has 190 valence electrons. The van der Waals surface area contributed by atoms with Gasteiger partial charge in [-0.15, -0.1) is 4.37 Å². The van der Waals surface area contributed by atoms with Crippen LogP contribution in [0.2, 0.25) is 0 Å². The first kappa shape index (κ1) is 29.7. The summed E-state index contributed by atoms with van der Waals surface area (Å²) in [6.07, 6.45) is 14.2. The first-order valence-electron chi connectivity index (χ1n) is 12.4. The van der Waals surface area contributed by atoms with Crippen molar-refractivity contribution < 1.29 is 35.9 Å². The number of unbranched alkanes of at least 4 members (excludes halogenated alkanes) is 8. The van der Waals surface area contributed by atoms with E-state index in [-0.39, 0.29) is 19.1 Å². The molecule has 1 aliphatic heterocycles. The first-order valence-corrected chi connectivity index (χ1v) is 13.1. The maximum absolute atomic E-state index is 12.0. The number of halogens is 1. The molecule has 0 fully saturated rings. The van der Waals surface area contributed by atoms with Crippen LogP contribution in [0.5, 0.6) is 5.88 Å². The summed E-state index contributed by atoms with van der Waals surface area (Å²) in [5, 5.41) is 0. The predicted octanol–water partition coefficient (Wildman–Crippen LogP) is 3.21. The Hall–Kier alpha value is -1.38. The number of quaternary nitrogens is 1. The summed E-state index contributed by atoms with van der Waals surface area (Å²) in [6, 6.07) is 0. The third-order valence-corrected chi connectivity index (χ3v) is 6.33. The van der Waals surface area contributed by atoms with Crippen molar-refractivity contribution in [1.29, 1.82) is 0 Å². The van der Waals surface area contributed by atoms with Gasteiger partial charge in [0.2, 0.25) is 6.73 Å². The molecule has 1 unspecified atom stereocenters. The second-order valence-electron chi connectivity index (χ2n) is 8.99. The molecule has 1 aromatic heterocycles. The van der Waals surface area contributed by atoms with Gasteiger partial charge in [-0.1, -0.05) is 71.3 Å². The molecule has 0 aromatic carbocycles. The van der Waals surface area contributed by atoms with E-state index >= 15 is 0 Å². The molecule has 0 saturated carbocycles. The average Bonchev–Trinajstić information content (AvgIpc) is 3.26. The van der Waals surface area contributed by atoms with E-state index in [0.717, 1.165) is 50.0 Å². The maximum Gasteiger partial charge on any atom is 0.512 e. The molecular formula is C24H42ClN3O4S. The molecule has 0 aliphatic carbocycles. The van der Waals surface area contributed by atoms with Gasteiger partial charge in [0, 0.05) is 12.0 Å². The Morgan fingerprint density at radius 2 is 1.64 bits per heavy atom. The van der Waals surface area contributed by atoms with E-state index in [9.17, 15) is 4.79 Å². The molecule has 0 amide bonds. The number of carbonyl (C=O) groups excluding carboxylic acids is 1. The van der Waals surface area contributed by atoms with Gasteiger partial charge in [-0.05, 0) is 12.8 Å². The third kappa shape index (κ3) is 11.5. The molecule has 0 spiro atoms. The van der Waals surface area contributed by atoms with Crippen LogP contribution in [0.4, 0.5) is 4.79 Å². The molecule has 0 N–H and O–H groups in total. The van der Waals surface area contributed by atoms with Crippen LogP contribution in [0.25, 0.3) is 5.57 Å². The molecular weight excluding hydrogens is 462 g/mol. The van der Waals surface area contributed by atoms with Crippen LogP contribution in [0.1, 0.15) is 90.2 Å². The number of rotatable bonds is 16. The summed E-state index contributed by atoms with van der Waals surface area (Å²) in [7, 11) is 2.10. The van der Waals surface area contributed by atoms with Crippen molar-refractivity contribution in [2.45, 2.75) is 84.5 Å². The van der Waals surface area contributed by atoms with Crippen LogP contribution in [0.15, 0.2) is 6.08 Å². The van der Waals surface area contributed by atoms with Crippen LogP contribution in [-0.4, -0.2) is 59.5 Å². The number of likely N-dealkylation sites (N-methyl/N-ethyl adjacent to an activating group) is 1. The average molecular weight is 504 g/mol. The Bertz CT molecular complexity index is 701. The Kier molecular flexibility index (Phi) is 15.4. The molecule has 0 radical (unpaired) electrons. The Morgan fingerprint density at radius 3 is 2.39 bits per heavy atom. The molecule has 1 atom stereocenters. The lowest BCUT2D eigenvalue weighted by Gasteiger charge is -2.36. The van der Waals surface area contributed by atoms with Crippen LogP contribution in [-0.2, 0) is 9.47 Å². The molecule has 9 heteroatoms. The van der Waals surface area contributed by atoms with E-state index in [4.69, 9.17) is 14.2 Å². The largest absolute Gasteiger partial charge is 1.00 e. The van der Waals surface area contributed by atoms with E-state index in [1.54, 1.807) is 0 Å². The zero-order chi connectivity index (χ0) is 23.1. The standard InChI is InChI=1S/C24H42N3O4S.ClH/c1-4-6-8-10-11-13-18-30-24(28)31-20-27(3)16-14-15-21(19-27)22-23(26-32-25-22)29-17-12-9-7-5-2;/h15H,4-14,16-20H2,1-3H3;1H/q+1;/p-1. The fraction of sp³-hybridized carbons (Fsp3) is 0.792. The molecule has 7 nitrogen and oxygen atoms in total. The highest BCUT2D eigenvalue weighted by atomic mass is 35.5. The molecule has 0 bridgehead atoms. The highest BCUT2D eigenvalue weighted by Gasteiger charge is 2.31. The van der Waals surface area contributed by atoms with E-state index in [1.807, 2.05) is 0 Å². The van der Waals surface area contributed by atoms with Gasteiger partial charge >= 0.3 is 6.16 Å². The number of carbonyl (C=O) groups is 1. The molecule has 0 saturated heterocycles. The second-order valence-corrected chi connectivity index (χ2v) is 9.51. The van der Waals surface area contributed by atoms with Gasteiger partial charge in [-0.2, -0.15) is 4.37 Å². The fourth-order valence-electron chi connectivity index (χ4n) is 3.84. The van der Waals surface area contributed by atoms with Crippen LogP contribution < -0.4 is 17.1 Å². The summed E-state index contributed by atoms with van der Waals surface area (Å²) in [6.45, 7) is 7.43. The predicted molar refractivity (Wildman–Crippen MR) is 129 cm³/mol. The molecule has 1 aliphatic rings. The Morgan fingerprint density at radius 1 is 0.970 bits per heavy atom. The highest BCUT2D eigenvalue weighted by molar-refractivity contribution is 6.99. The van der Waals surface area contributed by atoms with Gasteiger partial charge in [0.05, 0.1) is 38.5 Å². The summed E-state index contributed by atoms with van der Waals surface area (Å²) >= 11 is 1.19. The van der Waals surface area contributed by atoms with Gasteiger partial charge in [-0.3, -0.25) is 4.48 Å². The van der Waals surface area contributed by atoms with Gasteiger partial charge in [-0.25, -0.2) is 4.79 Å². The zero-order valence-corrected chi connectivity index (χ0v) is 22.2. The Balaban J connectivity index is 0.00000544. The van der Waals surface area contributed by atoms with Crippen molar-refractivity contribution >= 4 is 23.5 Å². The third-order valence-electron chi connectivity index (χ3n) is 5.82. The maximum atomic E-state index is 12.0. The van der Waals surface area contributed by atoms with E-state index in [0.29, 0.717) is 23.6 Å². The summed E-state index contributed by atoms with van der Waals surface area (Å²) in [4.78, 5) is 12.0. The lowest BCUT2D eigenvalue weighted by atomic mass is 10.1. The van der Waals surface area contributed by atoms with Crippen molar-refractivity contribution in [2.75, 3.05) is 40.1 Å². The number of nitrogens with zero attached hydrogens (tertiary/aromatic N) is 3. The molecule has 2 rings (SSSR count).